The number of primary amides is 1. The lowest BCUT2D eigenvalue weighted by atomic mass is 10.1. The molecule has 5 heteroatoms. The van der Waals surface area contributed by atoms with Crippen LogP contribution in [0, 0.1) is 0 Å². The highest BCUT2D eigenvalue weighted by molar-refractivity contribution is 5.73. The Morgan fingerprint density at radius 2 is 2.06 bits per heavy atom. The van der Waals surface area contributed by atoms with Crippen LogP contribution >= 0.6 is 0 Å². The van der Waals surface area contributed by atoms with Crippen molar-refractivity contribution in [1.82, 2.24) is 15.2 Å². The summed E-state index contributed by atoms with van der Waals surface area (Å²) in [6, 6.07) is 8.03. The molecule has 0 bridgehead atoms. The van der Waals surface area contributed by atoms with Crippen LogP contribution in [0.15, 0.2) is 30.6 Å². The summed E-state index contributed by atoms with van der Waals surface area (Å²) in [7, 11) is 0. The molecule has 0 radical (unpaired) electrons. The molecular weight excluding hydrogens is 216 g/mol. The van der Waals surface area contributed by atoms with E-state index >= 15 is 0 Å². The van der Waals surface area contributed by atoms with Gasteiger partial charge in [-0.3, -0.25) is 4.79 Å². The lowest BCUT2D eigenvalue weighted by Crippen LogP contribution is -2.10. The van der Waals surface area contributed by atoms with Gasteiger partial charge in [0.15, 0.2) is 5.82 Å². The van der Waals surface area contributed by atoms with E-state index in [-0.39, 0.29) is 5.91 Å². The van der Waals surface area contributed by atoms with Crippen molar-refractivity contribution in [2.75, 3.05) is 0 Å². The summed E-state index contributed by atoms with van der Waals surface area (Å²) >= 11 is 0. The maximum absolute atomic E-state index is 10.6. The number of carbonyl (C=O) groups is 1. The standard InChI is InChI=1S/C12H14N4O/c13-11(17)3-1-2-9-4-6-10(7-5-9)12-14-8-15-16-12/h4-8H,1-3H2,(H2,13,17)(H,14,15,16). The summed E-state index contributed by atoms with van der Waals surface area (Å²) in [6.45, 7) is 0. The van der Waals surface area contributed by atoms with E-state index in [1.807, 2.05) is 24.3 Å². The Hall–Kier alpha value is -2.17. The van der Waals surface area contributed by atoms with Crippen LogP contribution in [0.1, 0.15) is 18.4 Å². The number of amides is 1. The normalized spacial score (nSPS) is 10.4. The number of hydrogen-bond acceptors (Lipinski definition) is 3. The van der Waals surface area contributed by atoms with E-state index in [2.05, 4.69) is 15.2 Å². The minimum atomic E-state index is -0.247. The fourth-order valence-electron chi connectivity index (χ4n) is 1.64. The van der Waals surface area contributed by atoms with Gasteiger partial charge in [0.2, 0.25) is 5.91 Å². The highest BCUT2D eigenvalue weighted by Crippen LogP contribution is 2.15. The number of aryl methyl sites for hydroxylation is 1. The Morgan fingerprint density at radius 1 is 1.29 bits per heavy atom. The van der Waals surface area contributed by atoms with Gasteiger partial charge in [-0.05, 0) is 18.4 Å². The van der Waals surface area contributed by atoms with Crippen LogP contribution in [0.3, 0.4) is 0 Å². The Labute approximate surface area is 99.1 Å². The first-order valence-electron chi connectivity index (χ1n) is 5.49. The van der Waals surface area contributed by atoms with Gasteiger partial charge in [-0.15, -0.1) is 10.2 Å². The second-order valence-electron chi connectivity index (χ2n) is 3.85. The van der Waals surface area contributed by atoms with Gasteiger partial charge in [0.25, 0.3) is 0 Å². The van der Waals surface area contributed by atoms with E-state index in [9.17, 15) is 4.79 Å². The number of nitrogens with one attached hydrogen (secondary N) is 1. The maximum atomic E-state index is 10.6. The molecule has 2 rings (SSSR count). The first-order chi connectivity index (χ1) is 8.25. The fraction of sp³-hybridized carbons (Fsp3) is 0.250. The van der Waals surface area contributed by atoms with E-state index in [0.717, 1.165) is 24.2 Å². The third kappa shape index (κ3) is 3.14. The zero-order valence-electron chi connectivity index (χ0n) is 9.39. The van der Waals surface area contributed by atoms with Crippen molar-refractivity contribution in [3.8, 4) is 11.4 Å². The van der Waals surface area contributed by atoms with Crippen LogP contribution in [0.2, 0.25) is 0 Å². The van der Waals surface area contributed by atoms with Crippen LogP contribution in [0.4, 0.5) is 0 Å². The second-order valence-corrected chi connectivity index (χ2v) is 3.85. The van der Waals surface area contributed by atoms with Gasteiger partial charge in [0.05, 0.1) is 0 Å². The third-order valence-corrected chi connectivity index (χ3v) is 2.53. The molecule has 0 aliphatic rings. The van der Waals surface area contributed by atoms with Gasteiger partial charge in [-0.2, -0.15) is 0 Å². The fourth-order valence-corrected chi connectivity index (χ4v) is 1.64. The number of hydrogen-bond donors (Lipinski definition) is 2. The number of nitrogens with zero attached hydrogens (tertiary/aromatic N) is 2. The number of rotatable bonds is 5. The molecule has 0 aliphatic carbocycles. The number of aromatic nitrogens is 3. The molecule has 0 unspecified atom stereocenters. The van der Waals surface area contributed by atoms with Crippen LogP contribution in [0.5, 0.6) is 0 Å². The predicted octanol–water partition coefficient (Wildman–Crippen LogP) is 1.28. The van der Waals surface area contributed by atoms with Gasteiger partial charge in [0.1, 0.15) is 6.33 Å². The van der Waals surface area contributed by atoms with Crippen LogP contribution in [0.25, 0.3) is 11.4 Å². The molecular formula is C12H14N4O. The molecule has 5 nitrogen and oxygen atoms in total. The largest absolute Gasteiger partial charge is 0.370 e. The molecule has 3 N–H and O–H groups in total. The summed E-state index contributed by atoms with van der Waals surface area (Å²) in [6.07, 6.45) is 3.64. The highest BCUT2D eigenvalue weighted by atomic mass is 16.1. The molecule has 1 amide bonds. The molecule has 1 heterocycles. The number of H-pyrrole nitrogens is 1. The summed E-state index contributed by atoms with van der Waals surface area (Å²) in [5.74, 6) is 0.511. The van der Waals surface area contributed by atoms with Gasteiger partial charge in [-0.25, -0.2) is 0 Å². The Balaban J connectivity index is 1.96. The second kappa shape index (κ2) is 5.25. The van der Waals surface area contributed by atoms with E-state index in [1.165, 1.54) is 5.56 Å². The average molecular weight is 230 g/mol. The van der Waals surface area contributed by atoms with Gasteiger partial charge < -0.3 is 10.7 Å². The van der Waals surface area contributed by atoms with Gasteiger partial charge >= 0.3 is 0 Å². The monoisotopic (exact) mass is 230 g/mol. The molecule has 1 aromatic heterocycles. The zero-order chi connectivity index (χ0) is 12.1. The van der Waals surface area contributed by atoms with E-state index < -0.39 is 0 Å². The average Bonchev–Trinajstić information content (AvgIpc) is 2.83. The Kier molecular flexibility index (Phi) is 3.49. The van der Waals surface area contributed by atoms with Crippen molar-refractivity contribution in [2.45, 2.75) is 19.3 Å². The van der Waals surface area contributed by atoms with Crippen molar-refractivity contribution >= 4 is 5.91 Å². The molecule has 0 atom stereocenters. The predicted molar refractivity (Wildman–Crippen MR) is 64.0 cm³/mol. The van der Waals surface area contributed by atoms with Crippen LogP contribution in [-0.4, -0.2) is 21.1 Å². The van der Waals surface area contributed by atoms with Crippen molar-refractivity contribution in [3.63, 3.8) is 0 Å². The molecule has 0 saturated heterocycles. The quantitative estimate of drug-likeness (QED) is 0.811. The molecule has 0 fully saturated rings. The third-order valence-electron chi connectivity index (χ3n) is 2.53. The maximum Gasteiger partial charge on any atom is 0.217 e. The molecule has 88 valence electrons. The summed E-state index contributed by atoms with van der Waals surface area (Å²) in [5, 5.41) is 7.67. The van der Waals surface area contributed by atoms with Crippen molar-refractivity contribution in [2.24, 2.45) is 5.73 Å². The minimum absolute atomic E-state index is 0.247. The molecule has 17 heavy (non-hydrogen) atoms. The number of nitrogens with two attached hydrogens (primary N) is 1. The van der Waals surface area contributed by atoms with Crippen LogP contribution in [-0.2, 0) is 11.2 Å². The zero-order valence-corrected chi connectivity index (χ0v) is 9.39. The molecule has 2 aromatic rings. The first kappa shape index (κ1) is 11.3. The number of carbonyl (C=O) groups excluding carboxylic acids is 1. The molecule has 0 spiro atoms. The lowest BCUT2D eigenvalue weighted by Gasteiger charge is -2.01. The molecule has 0 aliphatic heterocycles. The smallest absolute Gasteiger partial charge is 0.217 e. The summed E-state index contributed by atoms with van der Waals surface area (Å²) in [4.78, 5) is 13.5. The minimum Gasteiger partial charge on any atom is -0.370 e. The van der Waals surface area contributed by atoms with E-state index in [0.29, 0.717) is 6.42 Å². The summed E-state index contributed by atoms with van der Waals surface area (Å²) in [5.41, 5.74) is 7.28. The lowest BCUT2D eigenvalue weighted by molar-refractivity contribution is -0.118. The SMILES string of the molecule is NC(=O)CCCc1ccc(-c2nnc[nH]2)cc1. The number of benzene rings is 1. The highest BCUT2D eigenvalue weighted by Gasteiger charge is 2.01. The Morgan fingerprint density at radius 3 is 2.65 bits per heavy atom. The van der Waals surface area contributed by atoms with E-state index in [4.69, 9.17) is 5.73 Å². The van der Waals surface area contributed by atoms with E-state index in [1.54, 1.807) is 6.33 Å². The summed E-state index contributed by atoms with van der Waals surface area (Å²) < 4.78 is 0. The van der Waals surface area contributed by atoms with Crippen molar-refractivity contribution < 1.29 is 4.79 Å². The molecule has 0 saturated carbocycles. The van der Waals surface area contributed by atoms with Crippen molar-refractivity contribution in [3.05, 3.63) is 36.2 Å². The van der Waals surface area contributed by atoms with Gasteiger partial charge in [-0.1, -0.05) is 24.3 Å². The molecule has 1 aromatic carbocycles. The van der Waals surface area contributed by atoms with Crippen molar-refractivity contribution in [1.29, 1.82) is 0 Å². The van der Waals surface area contributed by atoms with Gasteiger partial charge in [0, 0.05) is 12.0 Å². The topological polar surface area (TPSA) is 84.7 Å². The first-order valence-corrected chi connectivity index (χ1v) is 5.49. The number of aromatic amines is 1. The van der Waals surface area contributed by atoms with Crippen LogP contribution < -0.4 is 5.73 Å². The Bertz CT molecular complexity index is 476.